The van der Waals surface area contributed by atoms with Crippen LogP contribution >= 0.6 is 0 Å². The SMILES string of the molecule is CCOC(=O)NCCOCCOCCO. The van der Waals surface area contributed by atoms with Gasteiger partial charge in [-0.1, -0.05) is 0 Å². The Bertz CT molecular complexity index is 153. The number of hydrogen-bond donors (Lipinski definition) is 2. The monoisotopic (exact) mass is 221 g/mol. The fraction of sp³-hybridized carbons (Fsp3) is 0.889. The number of amides is 1. The largest absolute Gasteiger partial charge is 0.450 e. The number of aliphatic hydroxyl groups excluding tert-OH is 1. The van der Waals surface area contributed by atoms with Gasteiger partial charge in [0, 0.05) is 6.54 Å². The summed E-state index contributed by atoms with van der Waals surface area (Å²) in [5, 5.41) is 10.9. The number of carbonyl (C=O) groups excluding carboxylic acids is 1. The Morgan fingerprint density at radius 3 is 2.47 bits per heavy atom. The number of alkyl carbamates (subject to hydrolysis) is 1. The lowest BCUT2D eigenvalue weighted by Gasteiger charge is -2.06. The molecule has 0 aliphatic rings. The van der Waals surface area contributed by atoms with Crippen molar-refractivity contribution < 1.29 is 24.1 Å². The van der Waals surface area contributed by atoms with Gasteiger partial charge in [0.15, 0.2) is 0 Å². The van der Waals surface area contributed by atoms with Gasteiger partial charge in [0.1, 0.15) is 0 Å². The van der Waals surface area contributed by atoms with Crippen molar-refractivity contribution in [3.63, 3.8) is 0 Å². The van der Waals surface area contributed by atoms with Crippen LogP contribution in [0.3, 0.4) is 0 Å². The zero-order chi connectivity index (χ0) is 11.4. The van der Waals surface area contributed by atoms with Crippen LogP contribution in [0.25, 0.3) is 0 Å². The third-order valence-corrected chi connectivity index (χ3v) is 1.40. The maximum Gasteiger partial charge on any atom is 0.407 e. The topological polar surface area (TPSA) is 77.0 Å². The van der Waals surface area contributed by atoms with Gasteiger partial charge in [-0.05, 0) is 6.92 Å². The molecule has 0 fully saturated rings. The third-order valence-electron chi connectivity index (χ3n) is 1.40. The van der Waals surface area contributed by atoms with Gasteiger partial charge in [0.25, 0.3) is 0 Å². The first kappa shape index (κ1) is 14.2. The van der Waals surface area contributed by atoms with Gasteiger partial charge < -0.3 is 24.6 Å². The maximum absolute atomic E-state index is 10.8. The second kappa shape index (κ2) is 11.2. The molecule has 1 amide bonds. The van der Waals surface area contributed by atoms with Crippen LogP contribution in [0, 0.1) is 0 Å². The summed E-state index contributed by atoms with van der Waals surface area (Å²) in [5.74, 6) is 0. The van der Waals surface area contributed by atoms with E-state index < -0.39 is 6.09 Å². The predicted octanol–water partition coefficient (Wildman–Crippen LogP) is -0.242. The molecule has 0 aromatic carbocycles. The van der Waals surface area contributed by atoms with E-state index in [1.54, 1.807) is 6.92 Å². The van der Waals surface area contributed by atoms with E-state index in [-0.39, 0.29) is 6.61 Å². The summed E-state index contributed by atoms with van der Waals surface area (Å²) in [6, 6.07) is 0. The molecule has 0 spiro atoms. The molecule has 0 saturated heterocycles. The van der Waals surface area contributed by atoms with Gasteiger partial charge in [-0.15, -0.1) is 0 Å². The molecular weight excluding hydrogens is 202 g/mol. The van der Waals surface area contributed by atoms with Gasteiger partial charge >= 0.3 is 6.09 Å². The van der Waals surface area contributed by atoms with Crippen LogP contribution < -0.4 is 5.32 Å². The lowest BCUT2D eigenvalue weighted by atomic mass is 10.6. The van der Waals surface area contributed by atoms with Crippen molar-refractivity contribution in [2.45, 2.75) is 6.92 Å². The van der Waals surface area contributed by atoms with Crippen molar-refractivity contribution in [2.24, 2.45) is 0 Å². The highest BCUT2D eigenvalue weighted by Crippen LogP contribution is 1.79. The minimum absolute atomic E-state index is 0.0183. The molecule has 0 bridgehead atoms. The maximum atomic E-state index is 10.8. The van der Waals surface area contributed by atoms with Gasteiger partial charge in [0.2, 0.25) is 0 Å². The van der Waals surface area contributed by atoms with E-state index in [9.17, 15) is 4.79 Å². The Morgan fingerprint density at radius 1 is 1.20 bits per heavy atom. The Hall–Kier alpha value is -0.850. The quantitative estimate of drug-likeness (QED) is 0.525. The molecule has 0 aromatic heterocycles. The molecule has 0 saturated carbocycles. The smallest absolute Gasteiger partial charge is 0.407 e. The van der Waals surface area contributed by atoms with Crippen molar-refractivity contribution in [3.8, 4) is 0 Å². The summed E-state index contributed by atoms with van der Waals surface area (Å²) in [6.45, 7) is 4.18. The zero-order valence-electron chi connectivity index (χ0n) is 9.03. The first-order chi connectivity index (χ1) is 7.31. The van der Waals surface area contributed by atoms with Gasteiger partial charge in [0.05, 0.1) is 39.6 Å². The Labute approximate surface area is 89.5 Å². The first-order valence-electron chi connectivity index (χ1n) is 4.98. The standard InChI is InChI=1S/C9H19NO5/c1-2-15-9(12)10-3-5-13-7-8-14-6-4-11/h11H,2-8H2,1H3,(H,10,12). The molecule has 6 nitrogen and oxygen atoms in total. The highest BCUT2D eigenvalue weighted by molar-refractivity contribution is 5.66. The van der Waals surface area contributed by atoms with E-state index >= 15 is 0 Å². The molecule has 0 aliphatic heterocycles. The molecule has 0 aromatic rings. The van der Waals surface area contributed by atoms with E-state index in [0.717, 1.165) is 0 Å². The normalized spacial score (nSPS) is 10.0. The lowest BCUT2D eigenvalue weighted by Crippen LogP contribution is -2.28. The van der Waals surface area contributed by atoms with Crippen LogP contribution in [0.2, 0.25) is 0 Å². The van der Waals surface area contributed by atoms with E-state index in [4.69, 9.17) is 14.6 Å². The predicted molar refractivity (Wildman–Crippen MR) is 53.7 cm³/mol. The summed E-state index contributed by atoms with van der Waals surface area (Å²) in [4.78, 5) is 10.8. The summed E-state index contributed by atoms with van der Waals surface area (Å²) in [5.41, 5.74) is 0. The van der Waals surface area contributed by atoms with Crippen LogP contribution in [-0.2, 0) is 14.2 Å². The molecule has 0 aliphatic carbocycles. The summed E-state index contributed by atoms with van der Waals surface area (Å²) < 4.78 is 14.7. The summed E-state index contributed by atoms with van der Waals surface area (Å²) in [6.07, 6.45) is -0.433. The third kappa shape index (κ3) is 11.1. The molecular formula is C9H19NO5. The van der Waals surface area contributed by atoms with Crippen LogP contribution in [0.15, 0.2) is 0 Å². The molecule has 0 atom stereocenters. The number of carbonyl (C=O) groups is 1. The van der Waals surface area contributed by atoms with E-state index in [2.05, 4.69) is 10.1 Å². The van der Waals surface area contributed by atoms with Gasteiger partial charge in [-0.3, -0.25) is 0 Å². The number of aliphatic hydroxyl groups is 1. The molecule has 15 heavy (non-hydrogen) atoms. The zero-order valence-corrected chi connectivity index (χ0v) is 9.03. The number of hydrogen-bond acceptors (Lipinski definition) is 5. The Morgan fingerprint density at radius 2 is 1.87 bits per heavy atom. The average molecular weight is 221 g/mol. The highest BCUT2D eigenvalue weighted by Gasteiger charge is 1.97. The minimum atomic E-state index is -0.433. The van der Waals surface area contributed by atoms with Crippen LogP contribution in [-0.4, -0.2) is 57.4 Å². The second-order valence-corrected chi connectivity index (χ2v) is 2.60. The molecule has 0 radical (unpaired) electrons. The molecule has 6 heteroatoms. The van der Waals surface area contributed by atoms with Gasteiger partial charge in [-0.25, -0.2) is 4.79 Å². The van der Waals surface area contributed by atoms with E-state index in [0.29, 0.717) is 39.6 Å². The first-order valence-corrected chi connectivity index (χ1v) is 4.98. The summed E-state index contributed by atoms with van der Waals surface area (Å²) >= 11 is 0. The summed E-state index contributed by atoms with van der Waals surface area (Å²) in [7, 11) is 0. The molecule has 90 valence electrons. The van der Waals surface area contributed by atoms with Crippen molar-refractivity contribution in [1.29, 1.82) is 0 Å². The van der Waals surface area contributed by atoms with Gasteiger partial charge in [-0.2, -0.15) is 0 Å². The Balaban J connectivity index is 3.01. The second-order valence-electron chi connectivity index (χ2n) is 2.60. The van der Waals surface area contributed by atoms with Crippen LogP contribution in [0.4, 0.5) is 4.79 Å². The van der Waals surface area contributed by atoms with Crippen molar-refractivity contribution in [2.75, 3.05) is 46.2 Å². The highest BCUT2D eigenvalue weighted by atomic mass is 16.5. The van der Waals surface area contributed by atoms with Crippen LogP contribution in [0.1, 0.15) is 6.92 Å². The fourth-order valence-corrected chi connectivity index (χ4v) is 0.794. The van der Waals surface area contributed by atoms with Crippen LogP contribution in [0.5, 0.6) is 0 Å². The van der Waals surface area contributed by atoms with Crippen molar-refractivity contribution >= 4 is 6.09 Å². The number of nitrogens with one attached hydrogen (secondary N) is 1. The molecule has 2 N–H and O–H groups in total. The van der Waals surface area contributed by atoms with Crippen molar-refractivity contribution in [1.82, 2.24) is 5.32 Å². The van der Waals surface area contributed by atoms with E-state index in [1.807, 2.05) is 0 Å². The molecule has 0 unspecified atom stereocenters. The lowest BCUT2D eigenvalue weighted by molar-refractivity contribution is 0.0338. The Kier molecular flexibility index (Phi) is 10.6. The number of rotatable bonds is 9. The average Bonchev–Trinajstić information content (AvgIpc) is 2.22. The molecule has 0 rings (SSSR count). The fourth-order valence-electron chi connectivity index (χ4n) is 0.794. The van der Waals surface area contributed by atoms with E-state index in [1.165, 1.54) is 0 Å². The minimum Gasteiger partial charge on any atom is -0.450 e. The molecule has 0 heterocycles. The number of ether oxygens (including phenoxy) is 3. The van der Waals surface area contributed by atoms with Crippen molar-refractivity contribution in [3.05, 3.63) is 0 Å².